The number of rotatable bonds is 6. The first-order chi connectivity index (χ1) is 13.7. The quantitative estimate of drug-likeness (QED) is 0.516. The van der Waals surface area contributed by atoms with Gasteiger partial charge in [0.05, 0.1) is 6.54 Å². The van der Waals surface area contributed by atoms with E-state index in [1.165, 1.54) is 17.7 Å². The lowest BCUT2D eigenvalue weighted by Gasteiger charge is -2.04. The minimum absolute atomic E-state index is 0.189. The summed E-state index contributed by atoms with van der Waals surface area (Å²) >= 11 is 7.65. The number of nitrogens with one attached hydrogen (secondary N) is 1. The van der Waals surface area contributed by atoms with Crippen LogP contribution in [0.15, 0.2) is 67.4 Å². The van der Waals surface area contributed by atoms with E-state index in [-0.39, 0.29) is 5.91 Å². The van der Waals surface area contributed by atoms with Crippen molar-refractivity contribution in [2.45, 2.75) is 13.0 Å². The maximum atomic E-state index is 12.5. The van der Waals surface area contributed by atoms with Crippen LogP contribution in [0.4, 0.5) is 5.13 Å². The third-order valence-electron chi connectivity index (χ3n) is 4.12. The second-order valence-electron chi connectivity index (χ2n) is 6.14. The van der Waals surface area contributed by atoms with Crippen LogP contribution in [0.3, 0.4) is 0 Å². The van der Waals surface area contributed by atoms with E-state index < -0.39 is 0 Å². The summed E-state index contributed by atoms with van der Waals surface area (Å²) in [5.41, 5.74) is 2.65. The molecular weight excluding hydrogens is 394 g/mol. The molecule has 2 heterocycles. The number of carbonyl (C=O) groups is 1. The smallest absolute Gasteiger partial charge is 0.257 e. The number of thiazole rings is 1. The fraction of sp³-hybridized carbons (Fsp3) is 0.100. The first kappa shape index (κ1) is 18.3. The van der Waals surface area contributed by atoms with Crippen LogP contribution in [0.2, 0.25) is 5.02 Å². The predicted octanol–water partition coefficient (Wildman–Crippen LogP) is 4.28. The molecule has 0 saturated heterocycles. The van der Waals surface area contributed by atoms with E-state index in [0.717, 1.165) is 21.0 Å². The third-order valence-corrected chi connectivity index (χ3v) is 5.41. The molecule has 0 atom stereocenters. The van der Waals surface area contributed by atoms with Crippen molar-refractivity contribution in [2.24, 2.45) is 0 Å². The lowest BCUT2D eigenvalue weighted by atomic mass is 10.1. The molecule has 0 fully saturated rings. The Morgan fingerprint density at radius 3 is 2.71 bits per heavy atom. The summed E-state index contributed by atoms with van der Waals surface area (Å²) in [5, 5.41) is 8.22. The van der Waals surface area contributed by atoms with Gasteiger partial charge in [0.2, 0.25) is 0 Å². The fourth-order valence-corrected chi connectivity index (χ4v) is 3.74. The predicted molar refractivity (Wildman–Crippen MR) is 110 cm³/mol. The largest absolute Gasteiger partial charge is 0.298 e. The molecule has 8 heteroatoms. The average Bonchev–Trinajstić information content (AvgIpc) is 3.36. The number of nitrogens with zero attached hydrogens (tertiary/aromatic N) is 4. The average molecular weight is 410 g/mol. The van der Waals surface area contributed by atoms with Crippen LogP contribution in [-0.2, 0) is 13.0 Å². The first-order valence-electron chi connectivity index (χ1n) is 8.58. The summed E-state index contributed by atoms with van der Waals surface area (Å²) in [6.45, 7) is 0.611. The number of aromatic nitrogens is 4. The van der Waals surface area contributed by atoms with Gasteiger partial charge in [0, 0.05) is 28.1 Å². The van der Waals surface area contributed by atoms with Crippen molar-refractivity contribution < 1.29 is 4.79 Å². The van der Waals surface area contributed by atoms with Gasteiger partial charge in [0.1, 0.15) is 12.7 Å². The van der Waals surface area contributed by atoms with Crippen LogP contribution < -0.4 is 5.32 Å². The van der Waals surface area contributed by atoms with Gasteiger partial charge in [-0.15, -0.1) is 11.3 Å². The molecule has 0 aliphatic rings. The summed E-state index contributed by atoms with van der Waals surface area (Å²) in [6, 6.07) is 15.1. The van der Waals surface area contributed by atoms with Crippen LogP contribution in [-0.4, -0.2) is 25.7 Å². The Bertz CT molecular complexity index is 1080. The molecule has 4 aromatic rings. The number of hydrogen-bond donors (Lipinski definition) is 1. The molecule has 1 amide bonds. The van der Waals surface area contributed by atoms with Crippen LogP contribution in [0.1, 0.15) is 26.4 Å². The van der Waals surface area contributed by atoms with Crippen LogP contribution in [0.5, 0.6) is 0 Å². The zero-order chi connectivity index (χ0) is 19.3. The Morgan fingerprint density at radius 1 is 1.14 bits per heavy atom. The number of amides is 1. The molecule has 0 unspecified atom stereocenters. The molecule has 140 valence electrons. The van der Waals surface area contributed by atoms with Gasteiger partial charge >= 0.3 is 0 Å². The van der Waals surface area contributed by atoms with Gasteiger partial charge in [-0.3, -0.25) is 10.1 Å². The summed E-state index contributed by atoms with van der Waals surface area (Å²) in [5.74, 6) is -0.189. The molecule has 2 aromatic carbocycles. The van der Waals surface area contributed by atoms with Crippen molar-refractivity contribution in [3.63, 3.8) is 0 Å². The van der Waals surface area contributed by atoms with Gasteiger partial charge < -0.3 is 0 Å². The maximum Gasteiger partial charge on any atom is 0.257 e. The fourth-order valence-electron chi connectivity index (χ4n) is 2.71. The SMILES string of the molecule is O=C(Nc1ncc(Cc2ccccc2Cl)s1)c1ccc(Cn2cncn2)cc1. The number of benzene rings is 2. The van der Waals surface area contributed by atoms with Crippen LogP contribution in [0, 0.1) is 0 Å². The molecule has 28 heavy (non-hydrogen) atoms. The van der Waals surface area contributed by atoms with Crippen molar-refractivity contribution in [3.05, 3.63) is 94.0 Å². The van der Waals surface area contributed by atoms with E-state index in [1.54, 1.807) is 29.3 Å². The van der Waals surface area contributed by atoms with Crippen LogP contribution in [0.25, 0.3) is 0 Å². The molecule has 0 radical (unpaired) electrons. The van der Waals surface area contributed by atoms with Gasteiger partial charge in [0.15, 0.2) is 5.13 Å². The van der Waals surface area contributed by atoms with Crippen LogP contribution >= 0.6 is 22.9 Å². The van der Waals surface area contributed by atoms with Crippen molar-refractivity contribution in [1.29, 1.82) is 0 Å². The minimum atomic E-state index is -0.189. The van der Waals surface area contributed by atoms with Gasteiger partial charge in [-0.25, -0.2) is 14.6 Å². The Labute approximate surface area is 170 Å². The molecular formula is C20H16ClN5OS. The molecule has 0 saturated carbocycles. The highest BCUT2D eigenvalue weighted by Crippen LogP contribution is 2.25. The standard InChI is InChI=1S/C20H16ClN5OS/c21-18-4-2-1-3-16(18)9-17-10-23-20(28-17)25-19(27)15-7-5-14(6-8-15)11-26-13-22-12-24-26/h1-8,10,12-13H,9,11H2,(H,23,25,27). The van der Waals surface area contributed by atoms with E-state index in [1.807, 2.05) is 36.4 Å². The number of hydrogen-bond acceptors (Lipinski definition) is 5. The Kier molecular flexibility index (Phi) is 5.45. The molecule has 0 aliphatic heterocycles. The summed E-state index contributed by atoms with van der Waals surface area (Å²) in [7, 11) is 0. The first-order valence-corrected chi connectivity index (χ1v) is 9.77. The highest BCUT2D eigenvalue weighted by molar-refractivity contribution is 7.15. The molecule has 6 nitrogen and oxygen atoms in total. The second kappa shape index (κ2) is 8.33. The van der Waals surface area contributed by atoms with E-state index in [2.05, 4.69) is 20.4 Å². The third kappa shape index (κ3) is 4.44. The molecule has 0 aliphatic carbocycles. The minimum Gasteiger partial charge on any atom is -0.298 e. The van der Waals surface area contributed by atoms with Crippen molar-refractivity contribution in [3.8, 4) is 0 Å². The Morgan fingerprint density at radius 2 is 1.96 bits per heavy atom. The van der Waals surface area contributed by atoms with Gasteiger partial charge in [-0.1, -0.05) is 41.9 Å². The topological polar surface area (TPSA) is 72.7 Å². The highest BCUT2D eigenvalue weighted by atomic mass is 35.5. The van der Waals surface area contributed by atoms with Gasteiger partial charge in [-0.05, 0) is 29.3 Å². The van der Waals surface area contributed by atoms with Gasteiger partial charge in [-0.2, -0.15) is 5.10 Å². The van der Waals surface area contributed by atoms with Crippen molar-refractivity contribution in [2.75, 3.05) is 5.32 Å². The normalized spacial score (nSPS) is 10.8. The molecule has 1 N–H and O–H groups in total. The molecule has 0 bridgehead atoms. The lowest BCUT2D eigenvalue weighted by molar-refractivity contribution is 0.102. The zero-order valence-corrected chi connectivity index (χ0v) is 16.3. The van der Waals surface area contributed by atoms with Gasteiger partial charge in [0.25, 0.3) is 5.91 Å². The number of halogens is 1. The Hall–Kier alpha value is -3.03. The van der Waals surface area contributed by atoms with E-state index >= 15 is 0 Å². The van der Waals surface area contributed by atoms with E-state index in [0.29, 0.717) is 23.7 Å². The second-order valence-corrected chi connectivity index (χ2v) is 7.67. The van der Waals surface area contributed by atoms with Crippen molar-refractivity contribution >= 4 is 34.0 Å². The van der Waals surface area contributed by atoms with Crippen molar-refractivity contribution in [1.82, 2.24) is 19.7 Å². The monoisotopic (exact) mass is 409 g/mol. The molecule has 2 aromatic heterocycles. The Balaban J connectivity index is 1.38. The number of anilines is 1. The highest BCUT2D eigenvalue weighted by Gasteiger charge is 2.10. The summed E-state index contributed by atoms with van der Waals surface area (Å²) < 4.78 is 1.73. The van der Waals surface area contributed by atoms with E-state index in [4.69, 9.17) is 11.6 Å². The summed E-state index contributed by atoms with van der Waals surface area (Å²) in [4.78, 5) is 21.7. The molecule has 0 spiro atoms. The maximum absolute atomic E-state index is 12.5. The zero-order valence-electron chi connectivity index (χ0n) is 14.7. The molecule has 4 rings (SSSR count). The van der Waals surface area contributed by atoms with E-state index in [9.17, 15) is 4.79 Å². The number of carbonyl (C=O) groups excluding carboxylic acids is 1. The lowest BCUT2D eigenvalue weighted by Crippen LogP contribution is -2.11. The summed E-state index contributed by atoms with van der Waals surface area (Å²) in [6.07, 6.45) is 5.61.